The number of Topliss-reactive ketones (excluding diaryl/α,β-unsaturated/α-hetero) is 1. The Morgan fingerprint density at radius 3 is 2.36 bits per heavy atom. The normalized spacial score (nSPS) is 16.8. The third-order valence-electron chi connectivity index (χ3n) is 5.81. The second kappa shape index (κ2) is 10.4. The predicted octanol–water partition coefficient (Wildman–Crippen LogP) is 4.82. The highest BCUT2D eigenvalue weighted by Gasteiger charge is 2.48. The first-order chi connectivity index (χ1) is 17.4. The molecule has 0 saturated carbocycles. The van der Waals surface area contributed by atoms with Crippen LogP contribution in [0.4, 0.5) is 5.69 Å². The summed E-state index contributed by atoms with van der Waals surface area (Å²) < 4.78 is 16.6. The molecule has 186 valence electrons. The number of anilines is 1. The van der Waals surface area contributed by atoms with E-state index in [4.69, 9.17) is 14.2 Å². The third kappa shape index (κ3) is 4.45. The van der Waals surface area contributed by atoms with E-state index in [0.717, 1.165) is 0 Å². The molecular formula is C28H27NO7. The second-order valence-corrected chi connectivity index (χ2v) is 7.96. The molecule has 8 heteroatoms. The fourth-order valence-corrected chi connectivity index (χ4v) is 4.25. The number of amides is 1. The van der Waals surface area contributed by atoms with Crippen molar-refractivity contribution in [3.8, 4) is 23.0 Å². The van der Waals surface area contributed by atoms with Gasteiger partial charge >= 0.3 is 0 Å². The van der Waals surface area contributed by atoms with E-state index in [1.807, 2.05) is 6.92 Å². The Labute approximate surface area is 209 Å². The van der Waals surface area contributed by atoms with Crippen molar-refractivity contribution in [2.45, 2.75) is 19.9 Å². The van der Waals surface area contributed by atoms with Gasteiger partial charge in [0.15, 0.2) is 0 Å². The quantitative estimate of drug-likeness (QED) is 0.265. The fourth-order valence-electron chi connectivity index (χ4n) is 4.25. The first kappa shape index (κ1) is 24.7. The third-order valence-corrected chi connectivity index (χ3v) is 5.81. The lowest BCUT2D eigenvalue weighted by Gasteiger charge is -2.26. The summed E-state index contributed by atoms with van der Waals surface area (Å²) in [6, 6.07) is 16.9. The van der Waals surface area contributed by atoms with Crippen LogP contribution in [0, 0.1) is 0 Å². The summed E-state index contributed by atoms with van der Waals surface area (Å²) >= 11 is 0. The maximum absolute atomic E-state index is 13.4. The lowest BCUT2D eigenvalue weighted by molar-refractivity contribution is -0.132. The molecule has 1 aliphatic rings. The summed E-state index contributed by atoms with van der Waals surface area (Å²) in [6.07, 6.45) is 0. The van der Waals surface area contributed by atoms with Crippen molar-refractivity contribution in [3.05, 3.63) is 83.4 Å². The zero-order chi connectivity index (χ0) is 25.8. The van der Waals surface area contributed by atoms with Gasteiger partial charge < -0.3 is 24.4 Å². The van der Waals surface area contributed by atoms with E-state index >= 15 is 0 Å². The number of rotatable bonds is 8. The number of phenols is 1. The van der Waals surface area contributed by atoms with Crippen LogP contribution in [0.25, 0.3) is 5.76 Å². The number of ether oxygens (including phenoxy) is 3. The molecule has 0 spiro atoms. The summed E-state index contributed by atoms with van der Waals surface area (Å²) in [4.78, 5) is 27.9. The van der Waals surface area contributed by atoms with Crippen LogP contribution in [-0.2, 0) is 9.59 Å². The monoisotopic (exact) mass is 489 g/mol. The lowest BCUT2D eigenvalue weighted by atomic mass is 9.94. The number of ketones is 1. The van der Waals surface area contributed by atoms with Crippen LogP contribution in [0.2, 0.25) is 0 Å². The van der Waals surface area contributed by atoms with Crippen molar-refractivity contribution in [3.63, 3.8) is 0 Å². The number of benzene rings is 3. The Morgan fingerprint density at radius 1 is 0.917 bits per heavy atom. The minimum absolute atomic E-state index is 0.137. The summed E-state index contributed by atoms with van der Waals surface area (Å²) in [6.45, 7) is 4.40. The fraction of sp³-hybridized carbons (Fsp3) is 0.214. The molecule has 0 radical (unpaired) electrons. The maximum atomic E-state index is 13.4. The van der Waals surface area contributed by atoms with Crippen LogP contribution in [0.1, 0.15) is 31.0 Å². The molecule has 8 nitrogen and oxygen atoms in total. The van der Waals surface area contributed by atoms with Crippen molar-refractivity contribution >= 4 is 23.1 Å². The molecule has 1 saturated heterocycles. The largest absolute Gasteiger partial charge is 0.507 e. The Hall–Kier alpha value is -4.46. The molecule has 3 aromatic rings. The van der Waals surface area contributed by atoms with Crippen molar-refractivity contribution in [2.75, 3.05) is 25.2 Å². The average Bonchev–Trinajstić information content (AvgIpc) is 3.15. The molecule has 1 unspecified atom stereocenters. The zero-order valence-corrected chi connectivity index (χ0v) is 20.2. The summed E-state index contributed by atoms with van der Waals surface area (Å²) in [5.74, 6) is -0.995. The molecule has 4 rings (SSSR count). The minimum Gasteiger partial charge on any atom is -0.507 e. The number of carbonyl (C=O) groups excluding carboxylic acids is 2. The highest BCUT2D eigenvalue weighted by Crippen LogP contribution is 2.46. The predicted molar refractivity (Wildman–Crippen MR) is 135 cm³/mol. The average molecular weight is 490 g/mol. The molecular weight excluding hydrogens is 462 g/mol. The van der Waals surface area contributed by atoms with E-state index in [-0.39, 0.29) is 22.6 Å². The number of nitrogens with zero attached hydrogens (tertiary/aromatic N) is 1. The van der Waals surface area contributed by atoms with Gasteiger partial charge in [-0.15, -0.1) is 0 Å². The molecule has 0 bridgehead atoms. The van der Waals surface area contributed by atoms with Crippen LogP contribution in [-0.4, -0.2) is 42.2 Å². The standard InChI is InChI=1S/C28H27NO7/c1-4-35-19-13-14-20(23(16-19)36-5-2)26(31)24-25(17-9-8-10-18(15-17)34-3)29(28(33)27(24)32)21-11-6-7-12-22(21)30/h6-16,25,30-31H,4-5H2,1-3H3/b26-24-. The molecule has 1 heterocycles. The molecule has 0 aliphatic carbocycles. The SMILES string of the molecule is CCOc1ccc(/C(O)=C2/C(=O)C(=O)N(c3ccccc3O)C2c2cccc(OC)c2)c(OCC)c1. The van der Waals surface area contributed by atoms with Gasteiger partial charge in [0, 0.05) is 6.07 Å². The van der Waals surface area contributed by atoms with Gasteiger partial charge in [-0.3, -0.25) is 14.5 Å². The number of methoxy groups -OCH3 is 1. The van der Waals surface area contributed by atoms with Gasteiger partial charge in [0.1, 0.15) is 28.8 Å². The van der Waals surface area contributed by atoms with E-state index in [2.05, 4.69) is 0 Å². The first-order valence-electron chi connectivity index (χ1n) is 11.5. The zero-order valence-electron chi connectivity index (χ0n) is 20.2. The highest BCUT2D eigenvalue weighted by molar-refractivity contribution is 6.52. The van der Waals surface area contributed by atoms with Crippen LogP contribution < -0.4 is 19.1 Å². The number of hydrogen-bond acceptors (Lipinski definition) is 7. The van der Waals surface area contributed by atoms with Crippen LogP contribution in [0.3, 0.4) is 0 Å². The molecule has 3 aromatic carbocycles. The van der Waals surface area contributed by atoms with Crippen molar-refractivity contribution in [1.82, 2.24) is 0 Å². The van der Waals surface area contributed by atoms with Crippen molar-refractivity contribution in [2.24, 2.45) is 0 Å². The highest BCUT2D eigenvalue weighted by atomic mass is 16.5. The molecule has 1 aliphatic heterocycles. The Bertz CT molecular complexity index is 1330. The maximum Gasteiger partial charge on any atom is 0.300 e. The molecule has 1 fully saturated rings. The summed E-state index contributed by atoms with van der Waals surface area (Å²) in [5, 5.41) is 22.0. The van der Waals surface area contributed by atoms with Gasteiger partial charge in [-0.05, 0) is 55.8 Å². The summed E-state index contributed by atoms with van der Waals surface area (Å²) in [5.41, 5.74) is 0.760. The lowest BCUT2D eigenvalue weighted by Crippen LogP contribution is -2.29. The number of para-hydroxylation sites is 2. The van der Waals surface area contributed by atoms with Gasteiger partial charge in [-0.25, -0.2) is 0 Å². The van der Waals surface area contributed by atoms with Crippen LogP contribution in [0.15, 0.2) is 72.3 Å². The van der Waals surface area contributed by atoms with Crippen LogP contribution >= 0.6 is 0 Å². The topological polar surface area (TPSA) is 106 Å². The van der Waals surface area contributed by atoms with Crippen molar-refractivity contribution in [1.29, 1.82) is 0 Å². The van der Waals surface area contributed by atoms with Crippen molar-refractivity contribution < 1.29 is 34.0 Å². The van der Waals surface area contributed by atoms with E-state index in [1.165, 1.54) is 24.1 Å². The Balaban J connectivity index is 1.97. The minimum atomic E-state index is -1.03. The van der Waals surface area contributed by atoms with E-state index in [9.17, 15) is 19.8 Å². The Morgan fingerprint density at radius 2 is 1.67 bits per heavy atom. The van der Waals surface area contributed by atoms with Crippen LogP contribution in [0.5, 0.6) is 23.0 Å². The number of aliphatic hydroxyl groups excluding tert-OH is 1. The van der Waals surface area contributed by atoms with Gasteiger partial charge in [0.2, 0.25) is 0 Å². The number of aliphatic hydroxyl groups is 1. The number of aromatic hydroxyl groups is 1. The molecule has 1 atom stereocenters. The van der Waals surface area contributed by atoms with E-state index < -0.39 is 23.5 Å². The van der Waals surface area contributed by atoms with Gasteiger partial charge in [-0.1, -0.05) is 24.3 Å². The molecule has 36 heavy (non-hydrogen) atoms. The Kier molecular flexibility index (Phi) is 7.15. The summed E-state index contributed by atoms with van der Waals surface area (Å²) in [7, 11) is 1.51. The second-order valence-electron chi connectivity index (χ2n) is 7.96. The van der Waals surface area contributed by atoms with E-state index in [0.29, 0.717) is 36.0 Å². The smallest absolute Gasteiger partial charge is 0.300 e. The molecule has 0 aromatic heterocycles. The molecule has 2 N–H and O–H groups in total. The number of hydrogen-bond donors (Lipinski definition) is 2. The van der Waals surface area contributed by atoms with Gasteiger partial charge in [0.25, 0.3) is 11.7 Å². The number of phenolic OH excluding ortho intramolecular Hbond substituents is 1. The molecule has 1 amide bonds. The number of carbonyl (C=O) groups is 2. The van der Waals surface area contributed by atoms with Gasteiger partial charge in [-0.2, -0.15) is 0 Å². The first-order valence-corrected chi connectivity index (χ1v) is 11.5. The van der Waals surface area contributed by atoms with E-state index in [1.54, 1.807) is 61.5 Å². The van der Waals surface area contributed by atoms with Gasteiger partial charge in [0.05, 0.1) is 43.2 Å².